The summed E-state index contributed by atoms with van der Waals surface area (Å²) in [6.45, 7) is 3.06. The van der Waals surface area contributed by atoms with Gasteiger partial charge in [0.2, 0.25) is 11.9 Å². The van der Waals surface area contributed by atoms with Crippen molar-refractivity contribution in [3.63, 3.8) is 0 Å². The number of methoxy groups -OCH3 is 1. The second-order valence-electron chi connectivity index (χ2n) is 10.4. The van der Waals surface area contributed by atoms with Crippen molar-refractivity contribution in [2.75, 3.05) is 26.8 Å². The van der Waals surface area contributed by atoms with Gasteiger partial charge in [0.1, 0.15) is 6.10 Å². The van der Waals surface area contributed by atoms with Gasteiger partial charge in [0.05, 0.1) is 42.3 Å². The second-order valence-corrected chi connectivity index (χ2v) is 10.4. The van der Waals surface area contributed by atoms with Gasteiger partial charge in [-0.15, -0.1) is 0 Å². The van der Waals surface area contributed by atoms with E-state index < -0.39 is 23.9 Å². The standard InChI is InChI=1S/C30H30F2N8O3/c1-18-25(13-26(41)36-24-17-39(9-10-42-3)43-28(24)20-12-23(31)29(32)33-15-20)40(22-7-5-4-6-8-22)37-27(18)19-11-21-16-35-38(2)30(21)34-14-19/h4-8,11-12,14-16,24,28H,9-10,13,17H2,1-3H3,(H,36,41)/t24-,28+/m1/s1. The van der Waals surface area contributed by atoms with E-state index in [0.29, 0.717) is 36.6 Å². The van der Waals surface area contributed by atoms with Crippen LogP contribution in [-0.2, 0) is 27.8 Å². The molecule has 0 saturated carbocycles. The van der Waals surface area contributed by atoms with Gasteiger partial charge in [-0.3, -0.25) is 14.3 Å². The van der Waals surface area contributed by atoms with Gasteiger partial charge in [-0.2, -0.15) is 19.7 Å². The summed E-state index contributed by atoms with van der Waals surface area (Å²) in [6.07, 6.45) is 3.96. The molecule has 1 aliphatic heterocycles. The Bertz CT molecular complexity index is 1770. The number of fused-ring (bicyclic) bond motifs is 1. The summed E-state index contributed by atoms with van der Waals surface area (Å²) >= 11 is 0. The third-order valence-electron chi connectivity index (χ3n) is 7.48. The molecule has 6 rings (SSSR count). The molecular formula is C30H30F2N8O3. The van der Waals surface area contributed by atoms with Crippen LogP contribution in [0.5, 0.6) is 0 Å². The number of halogens is 2. The largest absolute Gasteiger partial charge is 0.383 e. The highest BCUT2D eigenvalue weighted by molar-refractivity contribution is 5.83. The normalized spacial score (nSPS) is 17.1. The summed E-state index contributed by atoms with van der Waals surface area (Å²) in [7, 11) is 3.41. The molecule has 0 unspecified atom stereocenters. The van der Waals surface area contributed by atoms with Crippen molar-refractivity contribution in [1.82, 2.24) is 39.9 Å². The zero-order valence-electron chi connectivity index (χ0n) is 23.9. The predicted molar refractivity (Wildman–Crippen MR) is 153 cm³/mol. The molecule has 1 saturated heterocycles. The van der Waals surface area contributed by atoms with E-state index in [9.17, 15) is 13.6 Å². The fourth-order valence-electron chi connectivity index (χ4n) is 5.31. The minimum atomic E-state index is -1.20. The molecule has 0 aliphatic carbocycles. The Balaban J connectivity index is 1.30. The van der Waals surface area contributed by atoms with Gasteiger partial charge in [0, 0.05) is 56.2 Å². The molecule has 43 heavy (non-hydrogen) atoms. The molecule has 0 bridgehead atoms. The van der Waals surface area contributed by atoms with Crippen molar-refractivity contribution in [3.8, 4) is 16.9 Å². The number of amides is 1. The molecule has 1 aliphatic rings. The molecule has 2 atom stereocenters. The number of para-hydroxylation sites is 1. The highest BCUT2D eigenvalue weighted by Crippen LogP contribution is 2.31. The van der Waals surface area contributed by atoms with Crippen molar-refractivity contribution < 1.29 is 23.1 Å². The van der Waals surface area contributed by atoms with Crippen LogP contribution in [0.15, 0.2) is 61.1 Å². The van der Waals surface area contributed by atoms with Crippen LogP contribution in [-0.4, -0.2) is 73.3 Å². The van der Waals surface area contributed by atoms with E-state index in [1.54, 1.807) is 33.9 Å². The maximum absolute atomic E-state index is 14.1. The van der Waals surface area contributed by atoms with Crippen molar-refractivity contribution in [3.05, 3.63) is 89.6 Å². The van der Waals surface area contributed by atoms with Gasteiger partial charge < -0.3 is 10.1 Å². The monoisotopic (exact) mass is 588 g/mol. The molecule has 222 valence electrons. The van der Waals surface area contributed by atoms with E-state index in [1.165, 1.54) is 6.20 Å². The van der Waals surface area contributed by atoms with Crippen LogP contribution in [0.2, 0.25) is 0 Å². The van der Waals surface area contributed by atoms with Crippen molar-refractivity contribution >= 4 is 16.9 Å². The van der Waals surface area contributed by atoms with Crippen LogP contribution in [0.25, 0.3) is 28.0 Å². The van der Waals surface area contributed by atoms with Crippen LogP contribution in [0.4, 0.5) is 8.78 Å². The van der Waals surface area contributed by atoms with E-state index in [2.05, 4.69) is 20.4 Å². The number of hydrogen-bond acceptors (Lipinski definition) is 8. The molecule has 0 radical (unpaired) electrons. The quantitative estimate of drug-likeness (QED) is 0.261. The number of hydroxylamine groups is 2. The van der Waals surface area contributed by atoms with E-state index in [0.717, 1.165) is 33.9 Å². The number of pyridine rings is 2. The number of benzene rings is 1. The minimum absolute atomic E-state index is 0.00755. The van der Waals surface area contributed by atoms with Crippen molar-refractivity contribution in [2.45, 2.75) is 25.5 Å². The fourth-order valence-corrected chi connectivity index (χ4v) is 5.31. The average molecular weight is 589 g/mol. The van der Waals surface area contributed by atoms with Crippen LogP contribution in [0.3, 0.4) is 0 Å². The van der Waals surface area contributed by atoms with Gasteiger partial charge in [-0.1, -0.05) is 18.2 Å². The Morgan fingerprint density at radius 2 is 1.95 bits per heavy atom. The van der Waals surface area contributed by atoms with Gasteiger partial charge in [-0.25, -0.2) is 19.0 Å². The highest BCUT2D eigenvalue weighted by atomic mass is 19.2. The Labute approximate surface area is 246 Å². The Kier molecular flexibility index (Phi) is 7.93. The first-order chi connectivity index (χ1) is 20.8. The number of nitrogens with zero attached hydrogens (tertiary/aromatic N) is 7. The third-order valence-corrected chi connectivity index (χ3v) is 7.48. The first-order valence-corrected chi connectivity index (χ1v) is 13.8. The number of nitrogens with one attached hydrogen (secondary N) is 1. The predicted octanol–water partition coefficient (Wildman–Crippen LogP) is 3.46. The van der Waals surface area contributed by atoms with Gasteiger partial charge >= 0.3 is 0 Å². The number of aryl methyl sites for hydroxylation is 1. The van der Waals surface area contributed by atoms with Crippen molar-refractivity contribution in [2.24, 2.45) is 7.05 Å². The van der Waals surface area contributed by atoms with Crippen LogP contribution in [0, 0.1) is 18.7 Å². The summed E-state index contributed by atoms with van der Waals surface area (Å²) < 4.78 is 36.2. The Hall–Kier alpha value is -4.59. The number of aromatic nitrogens is 6. The molecule has 4 aromatic heterocycles. The summed E-state index contributed by atoms with van der Waals surface area (Å²) in [6, 6.07) is 12.0. The number of rotatable bonds is 9. The first kappa shape index (κ1) is 28.5. The van der Waals surface area contributed by atoms with E-state index in [-0.39, 0.29) is 12.3 Å². The van der Waals surface area contributed by atoms with Gasteiger partial charge in [0.25, 0.3) is 0 Å². The lowest BCUT2D eigenvalue weighted by Crippen LogP contribution is -2.41. The van der Waals surface area contributed by atoms with E-state index in [1.807, 2.05) is 50.4 Å². The maximum atomic E-state index is 14.1. The molecule has 1 aromatic carbocycles. The number of carbonyl (C=O) groups is 1. The first-order valence-electron chi connectivity index (χ1n) is 13.8. The van der Waals surface area contributed by atoms with E-state index >= 15 is 0 Å². The zero-order chi connectivity index (χ0) is 30.1. The molecule has 5 aromatic rings. The van der Waals surface area contributed by atoms with Gasteiger partial charge in [-0.05, 0) is 36.8 Å². The number of ether oxygens (including phenoxy) is 1. The summed E-state index contributed by atoms with van der Waals surface area (Å²) in [5, 5.41) is 14.8. The molecule has 1 amide bonds. The van der Waals surface area contributed by atoms with E-state index in [4.69, 9.17) is 14.7 Å². The zero-order valence-corrected chi connectivity index (χ0v) is 23.9. The lowest BCUT2D eigenvalue weighted by atomic mass is 10.0. The summed E-state index contributed by atoms with van der Waals surface area (Å²) in [5.74, 6) is -2.57. The molecule has 5 heterocycles. The van der Waals surface area contributed by atoms with Crippen molar-refractivity contribution in [1.29, 1.82) is 0 Å². The van der Waals surface area contributed by atoms with Crippen LogP contribution >= 0.6 is 0 Å². The van der Waals surface area contributed by atoms with Crippen LogP contribution < -0.4 is 5.32 Å². The molecule has 0 spiro atoms. The third kappa shape index (κ3) is 5.74. The SMILES string of the molecule is COCCN1C[C@@H](NC(=O)Cc2c(C)c(-c3cnc4c(cnn4C)c3)nn2-c2ccccc2)[C@H](c2cnc(F)c(F)c2)O1. The second kappa shape index (κ2) is 12.0. The minimum Gasteiger partial charge on any atom is -0.383 e. The van der Waals surface area contributed by atoms with Crippen LogP contribution in [0.1, 0.15) is 22.9 Å². The molecule has 11 nitrogen and oxygen atoms in total. The molecule has 1 fully saturated rings. The molecule has 13 heteroatoms. The smallest absolute Gasteiger partial charge is 0.248 e. The fraction of sp³-hybridized carbons (Fsp3) is 0.300. The summed E-state index contributed by atoms with van der Waals surface area (Å²) in [4.78, 5) is 27.7. The number of carbonyl (C=O) groups excluding carboxylic acids is 1. The summed E-state index contributed by atoms with van der Waals surface area (Å²) in [5.41, 5.74) is 4.91. The lowest BCUT2D eigenvalue weighted by molar-refractivity contribution is -0.154. The maximum Gasteiger partial charge on any atom is 0.248 e. The lowest BCUT2D eigenvalue weighted by Gasteiger charge is -2.19. The average Bonchev–Trinajstić information content (AvgIpc) is 3.69. The van der Waals surface area contributed by atoms with Gasteiger partial charge in [0.15, 0.2) is 11.5 Å². The Morgan fingerprint density at radius 1 is 1.14 bits per heavy atom. The number of hydrogen-bond donors (Lipinski definition) is 1. The highest BCUT2D eigenvalue weighted by Gasteiger charge is 2.37. The topological polar surface area (TPSA) is 112 Å². The Morgan fingerprint density at radius 3 is 2.72 bits per heavy atom. The molecular weight excluding hydrogens is 558 g/mol. The molecule has 1 N–H and O–H groups in total.